The minimum absolute atomic E-state index is 0.0761. The Kier molecular flexibility index (Phi) is 6.02. The molecule has 0 N–H and O–H groups in total. The molecule has 1 aliphatic rings. The van der Waals surface area contributed by atoms with Crippen molar-refractivity contribution >= 4 is 34.2 Å². The molecule has 1 unspecified atom stereocenters. The second-order valence-electron chi connectivity index (χ2n) is 9.30. The summed E-state index contributed by atoms with van der Waals surface area (Å²) in [6, 6.07) is 27.8. The van der Waals surface area contributed by atoms with Gasteiger partial charge in [0, 0.05) is 27.5 Å². The zero-order valence-corrected chi connectivity index (χ0v) is 22.1. The van der Waals surface area contributed by atoms with Crippen molar-refractivity contribution in [1.29, 1.82) is 0 Å². The standard InChI is InChI=1S/C31H22ClN5O3/c1-38-22-13-10-20(11-14-22)27-24-15-12-19-6-2-4-8-23(19)29(24)40-31-28(27)30-35-26(36-37(30)18-33-31)17-39-34-16-21-7-3-5-9-25(21)32/h2-16,18,27H,17H2,1H3/b34-16+. The molecule has 8 nitrogen and oxygen atoms in total. The van der Waals surface area contributed by atoms with Crippen molar-refractivity contribution in [3.63, 3.8) is 0 Å². The Morgan fingerprint density at radius 1 is 1.00 bits per heavy atom. The summed E-state index contributed by atoms with van der Waals surface area (Å²) in [5, 5.41) is 11.3. The van der Waals surface area contributed by atoms with Crippen molar-refractivity contribution in [1.82, 2.24) is 19.6 Å². The monoisotopic (exact) mass is 547 g/mol. The highest BCUT2D eigenvalue weighted by atomic mass is 35.5. The van der Waals surface area contributed by atoms with Crippen LogP contribution in [0, 0.1) is 0 Å². The molecular weight excluding hydrogens is 526 g/mol. The molecule has 2 aromatic heterocycles. The van der Waals surface area contributed by atoms with Crippen molar-refractivity contribution in [3.05, 3.63) is 124 Å². The van der Waals surface area contributed by atoms with Crippen LogP contribution in [0.15, 0.2) is 96.4 Å². The van der Waals surface area contributed by atoms with Gasteiger partial charge >= 0.3 is 0 Å². The second-order valence-corrected chi connectivity index (χ2v) is 9.71. The first-order valence-corrected chi connectivity index (χ1v) is 13.0. The van der Waals surface area contributed by atoms with E-state index in [2.05, 4.69) is 51.6 Å². The number of methoxy groups -OCH3 is 1. The molecule has 7 rings (SSSR count). The highest BCUT2D eigenvalue weighted by molar-refractivity contribution is 6.33. The van der Waals surface area contributed by atoms with Gasteiger partial charge in [0.25, 0.3) is 0 Å². The normalized spacial score (nSPS) is 14.2. The number of hydrogen-bond acceptors (Lipinski definition) is 7. The van der Waals surface area contributed by atoms with Crippen molar-refractivity contribution in [2.24, 2.45) is 5.16 Å². The number of rotatable bonds is 6. The third kappa shape index (κ3) is 4.19. The van der Waals surface area contributed by atoms with Crippen LogP contribution in [0.4, 0.5) is 0 Å². The Morgan fingerprint density at radius 2 is 1.82 bits per heavy atom. The molecule has 196 valence electrons. The highest BCUT2D eigenvalue weighted by Crippen LogP contribution is 2.50. The zero-order chi connectivity index (χ0) is 27.1. The van der Waals surface area contributed by atoms with Gasteiger partial charge in [0.1, 0.15) is 17.8 Å². The number of hydrogen-bond donors (Lipinski definition) is 0. The lowest BCUT2D eigenvalue weighted by Crippen LogP contribution is -2.15. The van der Waals surface area contributed by atoms with Crippen LogP contribution in [0.1, 0.15) is 34.0 Å². The minimum atomic E-state index is -0.193. The van der Waals surface area contributed by atoms with E-state index in [0.717, 1.165) is 44.5 Å². The van der Waals surface area contributed by atoms with E-state index in [4.69, 9.17) is 30.9 Å². The number of aromatic nitrogens is 4. The molecule has 9 heteroatoms. The summed E-state index contributed by atoms with van der Waals surface area (Å²) in [6.45, 7) is 0.0761. The lowest BCUT2D eigenvalue weighted by atomic mass is 9.83. The molecule has 0 fully saturated rings. The summed E-state index contributed by atoms with van der Waals surface area (Å²) in [5.41, 5.74) is 4.31. The van der Waals surface area contributed by atoms with Crippen LogP contribution >= 0.6 is 11.6 Å². The number of halogens is 1. The first-order valence-electron chi connectivity index (χ1n) is 12.7. The van der Waals surface area contributed by atoms with Crippen molar-refractivity contribution < 1.29 is 14.3 Å². The SMILES string of the molecule is COc1ccc(C2c3ccc4ccccc4c3Oc3ncn4nc(CO/N=C/c5ccccc5Cl)nc4c32)cc1. The van der Waals surface area contributed by atoms with Crippen LogP contribution in [0.3, 0.4) is 0 Å². The molecule has 0 saturated carbocycles. The quantitative estimate of drug-likeness (QED) is 0.169. The van der Waals surface area contributed by atoms with Gasteiger partial charge in [-0.05, 0) is 29.1 Å². The Bertz CT molecular complexity index is 1900. The predicted octanol–water partition coefficient (Wildman–Crippen LogP) is 6.78. The van der Waals surface area contributed by atoms with E-state index in [9.17, 15) is 0 Å². The number of ether oxygens (including phenoxy) is 2. The summed E-state index contributed by atoms with van der Waals surface area (Å²) in [4.78, 5) is 15.0. The number of benzene rings is 4. The lowest BCUT2D eigenvalue weighted by molar-refractivity contribution is 0.126. The largest absolute Gasteiger partial charge is 0.497 e. The molecular formula is C31H22ClN5O3. The Hall–Kier alpha value is -4.95. The third-order valence-electron chi connectivity index (χ3n) is 6.95. The Labute approximate surface area is 234 Å². The summed E-state index contributed by atoms with van der Waals surface area (Å²) < 4.78 is 13.5. The van der Waals surface area contributed by atoms with E-state index in [1.54, 1.807) is 30.2 Å². The fourth-order valence-electron chi connectivity index (χ4n) is 5.06. The first-order chi connectivity index (χ1) is 19.7. The van der Waals surface area contributed by atoms with Crippen LogP contribution in [0.25, 0.3) is 16.4 Å². The predicted molar refractivity (Wildman–Crippen MR) is 153 cm³/mol. The van der Waals surface area contributed by atoms with Crippen LogP contribution in [-0.2, 0) is 11.4 Å². The molecule has 1 atom stereocenters. The van der Waals surface area contributed by atoms with Gasteiger partial charge in [-0.2, -0.15) is 0 Å². The molecule has 0 bridgehead atoms. The minimum Gasteiger partial charge on any atom is -0.497 e. The van der Waals surface area contributed by atoms with E-state index in [1.807, 2.05) is 42.5 Å². The molecule has 6 aromatic rings. The van der Waals surface area contributed by atoms with Gasteiger partial charge in [-0.1, -0.05) is 83.5 Å². The summed E-state index contributed by atoms with van der Waals surface area (Å²) >= 11 is 6.19. The highest BCUT2D eigenvalue weighted by Gasteiger charge is 2.34. The molecule has 3 heterocycles. The maximum atomic E-state index is 6.48. The summed E-state index contributed by atoms with van der Waals surface area (Å²) in [5.74, 6) is 2.34. The molecule has 4 aromatic carbocycles. The Morgan fingerprint density at radius 3 is 2.67 bits per heavy atom. The average Bonchev–Trinajstić information content (AvgIpc) is 3.42. The van der Waals surface area contributed by atoms with Gasteiger partial charge in [-0.3, -0.25) is 0 Å². The second kappa shape index (κ2) is 9.98. The van der Waals surface area contributed by atoms with Crippen LogP contribution < -0.4 is 9.47 Å². The molecule has 0 saturated heterocycles. The zero-order valence-electron chi connectivity index (χ0n) is 21.4. The molecule has 0 radical (unpaired) electrons. The maximum absolute atomic E-state index is 6.48. The van der Waals surface area contributed by atoms with Crippen molar-refractivity contribution in [2.75, 3.05) is 7.11 Å². The smallest absolute Gasteiger partial charge is 0.228 e. The summed E-state index contributed by atoms with van der Waals surface area (Å²) in [7, 11) is 1.66. The fraction of sp³-hybridized carbons (Fsp3) is 0.0968. The fourth-order valence-corrected chi connectivity index (χ4v) is 5.25. The van der Waals surface area contributed by atoms with Crippen LogP contribution in [0.2, 0.25) is 5.02 Å². The number of oxime groups is 1. The lowest BCUT2D eigenvalue weighted by Gasteiger charge is -2.28. The van der Waals surface area contributed by atoms with Gasteiger partial charge in [0.15, 0.2) is 18.1 Å². The van der Waals surface area contributed by atoms with Crippen LogP contribution in [0.5, 0.6) is 17.4 Å². The van der Waals surface area contributed by atoms with E-state index in [1.165, 1.54) is 0 Å². The molecule has 0 aliphatic carbocycles. The number of fused-ring (bicyclic) bond motifs is 6. The van der Waals surface area contributed by atoms with E-state index >= 15 is 0 Å². The van der Waals surface area contributed by atoms with Gasteiger partial charge in [0.05, 0.1) is 18.9 Å². The summed E-state index contributed by atoms with van der Waals surface area (Å²) in [6.07, 6.45) is 3.18. The first kappa shape index (κ1) is 24.1. The topological polar surface area (TPSA) is 83.1 Å². The van der Waals surface area contributed by atoms with E-state index in [0.29, 0.717) is 22.4 Å². The van der Waals surface area contributed by atoms with E-state index < -0.39 is 0 Å². The molecule has 0 spiro atoms. The van der Waals surface area contributed by atoms with E-state index in [-0.39, 0.29) is 12.5 Å². The maximum Gasteiger partial charge on any atom is 0.228 e. The van der Waals surface area contributed by atoms with Crippen molar-refractivity contribution in [2.45, 2.75) is 12.5 Å². The molecule has 40 heavy (non-hydrogen) atoms. The van der Waals surface area contributed by atoms with Gasteiger partial charge in [0.2, 0.25) is 5.88 Å². The van der Waals surface area contributed by atoms with Gasteiger partial charge < -0.3 is 14.3 Å². The van der Waals surface area contributed by atoms with Gasteiger partial charge in [-0.25, -0.2) is 14.5 Å². The molecule has 0 amide bonds. The average molecular weight is 548 g/mol. The van der Waals surface area contributed by atoms with Crippen molar-refractivity contribution in [3.8, 4) is 17.4 Å². The number of nitrogens with zero attached hydrogens (tertiary/aromatic N) is 5. The third-order valence-corrected chi connectivity index (χ3v) is 7.30. The molecule has 1 aliphatic heterocycles. The van der Waals surface area contributed by atoms with Gasteiger partial charge in [-0.15, -0.1) is 5.10 Å². The Balaban J connectivity index is 1.30. The van der Waals surface area contributed by atoms with Crippen LogP contribution in [-0.4, -0.2) is 32.9 Å².